The maximum absolute atomic E-state index is 12.4. The third-order valence-electron chi connectivity index (χ3n) is 3.20. The minimum atomic E-state index is -5.21. The maximum Gasteiger partial charge on any atom is 0.403 e. The highest BCUT2D eigenvalue weighted by molar-refractivity contribution is 5.07. The van der Waals surface area contributed by atoms with Crippen LogP contribution in [0.15, 0.2) is 0 Å². The van der Waals surface area contributed by atoms with Gasteiger partial charge in [-0.15, -0.1) is 0 Å². The van der Waals surface area contributed by atoms with E-state index in [0.29, 0.717) is 0 Å². The van der Waals surface area contributed by atoms with E-state index in [2.05, 4.69) is 0 Å². The summed E-state index contributed by atoms with van der Waals surface area (Å²) in [6.07, 6.45) is -10.4. The van der Waals surface area contributed by atoms with Gasteiger partial charge in [0.1, 0.15) is 0 Å². The van der Waals surface area contributed by atoms with E-state index in [9.17, 15) is 26.3 Å². The fourth-order valence-corrected chi connectivity index (χ4v) is 2.51. The minimum Gasteiger partial charge on any atom is -0.170 e. The Kier molecular flexibility index (Phi) is 2.32. The molecule has 0 radical (unpaired) electrons. The molecule has 1 rings (SSSR count). The Bertz CT molecular complexity index is 201. The fourth-order valence-electron chi connectivity index (χ4n) is 2.51. The van der Waals surface area contributed by atoms with Crippen molar-refractivity contribution >= 4 is 0 Å². The fraction of sp³-hybridized carbons (Fsp3) is 1.00. The smallest absolute Gasteiger partial charge is 0.170 e. The summed E-state index contributed by atoms with van der Waals surface area (Å²) in [5.74, 6) is -2.75. The summed E-state index contributed by atoms with van der Waals surface area (Å²) in [7, 11) is 0. The zero-order chi connectivity index (χ0) is 11.4. The number of alkyl halides is 6. The molecule has 0 aromatic heterocycles. The first kappa shape index (κ1) is 11.7. The van der Waals surface area contributed by atoms with Gasteiger partial charge < -0.3 is 0 Å². The summed E-state index contributed by atoms with van der Waals surface area (Å²) in [4.78, 5) is 0. The first-order valence-corrected chi connectivity index (χ1v) is 4.18. The zero-order valence-electron chi connectivity index (χ0n) is 7.63. The van der Waals surface area contributed by atoms with Crippen LogP contribution in [0.4, 0.5) is 26.3 Å². The van der Waals surface area contributed by atoms with E-state index in [1.807, 2.05) is 0 Å². The second kappa shape index (κ2) is 2.79. The van der Waals surface area contributed by atoms with Crippen LogP contribution < -0.4 is 0 Å². The highest BCUT2D eigenvalue weighted by Gasteiger charge is 2.79. The molecule has 0 aliphatic heterocycles. The van der Waals surface area contributed by atoms with Crippen LogP contribution in [0.2, 0.25) is 0 Å². The molecule has 1 aliphatic carbocycles. The van der Waals surface area contributed by atoms with Gasteiger partial charge in [0.25, 0.3) is 0 Å². The lowest BCUT2D eigenvalue weighted by Gasteiger charge is -2.54. The summed E-state index contributed by atoms with van der Waals surface area (Å²) < 4.78 is 74.6. The average Bonchev–Trinajstić information content (AvgIpc) is 1.78. The van der Waals surface area contributed by atoms with Gasteiger partial charge in [-0.05, 0) is 18.3 Å². The third-order valence-corrected chi connectivity index (χ3v) is 3.20. The van der Waals surface area contributed by atoms with Crippen molar-refractivity contribution in [3.05, 3.63) is 0 Å². The molecule has 0 bridgehead atoms. The Morgan fingerprint density at radius 3 is 1.21 bits per heavy atom. The van der Waals surface area contributed by atoms with Gasteiger partial charge in [0, 0.05) is 0 Å². The molecule has 0 aromatic carbocycles. The summed E-state index contributed by atoms with van der Waals surface area (Å²) in [6, 6.07) is 0. The zero-order valence-corrected chi connectivity index (χ0v) is 7.63. The van der Waals surface area contributed by atoms with Crippen LogP contribution in [0.3, 0.4) is 0 Å². The number of rotatable bonds is 0. The van der Waals surface area contributed by atoms with Gasteiger partial charge in [-0.3, -0.25) is 0 Å². The van der Waals surface area contributed by atoms with Crippen molar-refractivity contribution < 1.29 is 26.3 Å². The lowest BCUT2D eigenvalue weighted by atomic mass is 9.53. The predicted octanol–water partition coefficient (Wildman–Crippen LogP) is 3.77. The molecule has 0 unspecified atom stereocenters. The number of hydrogen-bond donors (Lipinski definition) is 0. The van der Waals surface area contributed by atoms with E-state index in [4.69, 9.17) is 0 Å². The van der Waals surface area contributed by atoms with Crippen LogP contribution in [-0.4, -0.2) is 12.4 Å². The standard InChI is InChI=1S/C8H10F6/c1-4-3-5(2)6(4,7(9,10)11)8(12,13)14/h4-5H,3H2,1-2H3/t4-,5+. The lowest BCUT2D eigenvalue weighted by molar-refractivity contribution is -0.403. The van der Waals surface area contributed by atoms with E-state index >= 15 is 0 Å². The molecule has 1 aliphatic rings. The molecule has 0 aromatic rings. The molecule has 2 atom stereocenters. The Hall–Kier alpha value is -0.420. The summed E-state index contributed by atoms with van der Waals surface area (Å²) >= 11 is 0. The molecule has 0 amide bonds. The van der Waals surface area contributed by atoms with Crippen LogP contribution in [0, 0.1) is 17.3 Å². The van der Waals surface area contributed by atoms with Gasteiger partial charge >= 0.3 is 12.4 Å². The van der Waals surface area contributed by atoms with Crippen LogP contribution >= 0.6 is 0 Å². The van der Waals surface area contributed by atoms with Crippen LogP contribution in [-0.2, 0) is 0 Å². The second-order valence-electron chi connectivity index (χ2n) is 3.90. The highest BCUT2D eigenvalue weighted by Crippen LogP contribution is 2.67. The van der Waals surface area contributed by atoms with Crippen molar-refractivity contribution in [3.63, 3.8) is 0 Å². The Labute approximate surface area is 77.3 Å². The maximum atomic E-state index is 12.4. The normalized spacial score (nSPS) is 32.6. The molecule has 1 fully saturated rings. The van der Waals surface area contributed by atoms with E-state index in [1.165, 1.54) is 0 Å². The molecular formula is C8H10F6. The molecule has 0 N–H and O–H groups in total. The Morgan fingerprint density at radius 2 is 1.14 bits per heavy atom. The molecule has 84 valence electrons. The summed E-state index contributed by atoms with van der Waals surface area (Å²) in [6.45, 7) is 2.00. The van der Waals surface area contributed by atoms with Crippen LogP contribution in [0.1, 0.15) is 20.3 Å². The molecule has 0 heterocycles. The van der Waals surface area contributed by atoms with E-state index in [-0.39, 0.29) is 6.42 Å². The third kappa shape index (κ3) is 1.15. The van der Waals surface area contributed by atoms with Gasteiger partial charge in [0.05, 0.1) is 0 Å². The van der Waals surface area contributed by atoms with Crippen LogP contribution in [0.25, 0.3) is 0 Å². The van der Waals surface area contributed by atoms with Crippen LogP contribution in [0.5, 0.6) is 0 Å². The first-order chi connectivity index (χ1) is 6.05. The number of hydrogen-bond acceptors (Lipinski definition) is 0. The van der Waals surface area contributed by atoms with Gasteiger partial charge in [-0.2, -0.15) is 26.3 Å². The monoisotopic (exact) mass is 220 g/mol. The second-order valence-corrected chi connectivity index (χ2v) is 3.90. The van der Waals surface area contributed by atoms with E-state index in [0.717, 1.165) is 13.8 Å². The summed E-state index contributed by atoms with van der Waals surface area (Å²) in [5.41, 5.74) is -3.49. The van der Waals surface area contributed by atoms with Crippen molar-refractivity contribution in [2.75, 3.05) is 0 Å². The quantitative estimate of drug-likeness (QED) is 0.545. The number of halogens is 6. The summed E-state index contributed by atoms with van der Waals surface area (Å²) in [5, 5.41) is 0. The highest BCUT2D eigenvalue weighted by atomic mass is 19.4. The van der Waals surface area contributed by atoms with E-state index < -0.39 is 29.6 Å². The van der Waals surface area contributed by atoms with Gasteiger partial charge in [0.15, 0.2) is 5.41 Å². The molecule has 6 heteroatoms. The van der Waals surface area contributed by atoms with Crippen molar-refractivity contribution in [2.45, 2.75) is 32.6 Å². The van der Waals surface area contributed by atoms with Crippen molar-refractivity contribution in [3.8, 4) is 0 Å². The van der Waals surface area contributed by atoms with Crippen molar-refractivity contribution in [1.82, 2.24) is 0 Å². The first-order valence-electron chi connectivity index (χ1n) is 4.18. The molecular weight excluding hydrogens is 210 g/mol. The Balaban J connectivity index is 3.17. The van der Waals surface area contributed by atoms with Crippen molar-refractivity contribution in [2.24, 2.45) is 17.3 Å². The minimum absolute atomic E-state index is 0.0288. The van der Waals surface area contributed by atoms with Gasteiger partial charge in [-0.1, -0.05) is 13.8 Å². The molecule has 14 heavy (non-hydrogen) atoms. The Morgan fingerprint density at radius 1 is 0.857 bits per heavy atom. The SMILES string of the molecule is C[C@@H]1C[C@H](C)C1(C(F)(F)F)C(F)(F)F. The predicted molar refractivity (Wildman–Crippen MR) is 37.5 cm³/mol. The molecule has 0 spiro atoms. The lowest BCUT2D eigenvalue weighted by Crippen LogP contribution is -2.64. The van der Waals surface area contributed by atoms with Gasteiger partial charge in [0.2, 0.25) is 0 Å². The average molecular weight is 220 g/mol. The topological polar surface area (TPSA) is 0 Å². The van der Waals surface area contributed by atoms with Gasteiger partial charge in [-0.25, -0.2) is 0 Å². The van der Waals surface area contributed by atoms with E-state index in [1.54, 1.807) is 0 Å². The largest absolute Gasteiger partial charge is 0.403 e. The molecule has 0 nitrogen and oxygen atoms in total. The molecule has 1 saturated carbocycles. The molecule has 0 saturated heterocycles. The van der Waals surface area contributed by atoms with Crippen molar-refractivity contribution in [1.29, 1.82) is 0 Å².